The summed E-state index contributed by atoms with van der Waals surface area (Å²) in [6.45, 7) is 2.88. The molecule has 1 aliphatic rings. The van der Waals surface area contributed by atoms with Crippen LogP contribution in [0.25, 0.3) is 10.9 Å². The number of pyridine rings is 1. The molecule has 0 radical (unpaired) electrons. The number of fused-ring (bicyclic) bond motifs is 1. The Bertz CT molecular complexity index is 561. The number of rotatable bonds is 3. The molecule has 0 saturated heterocycles. The van der Waals surface area contributed by atoms with Crippen molar-refractivity contribution in [2.75, 3.05) is 11.9 Å². The Labute approximate surface area is 99.9 Å². The lowest BCUT2D eigenvalue weighted by Gasteiger charge is -2.10. The molecule has 1 aliphatic carbocycles. The molecule has 1 N–H and O–H groups in total. The third kappa shape index (κ3) is 1.97. The first kappa shape index (κ1) is 10.5. The summed E-state index contributed by atoms with van der Waals surface area (Å²) in [7, 11) is 0. The summed E-state index contributed by atoms with van der Waals surface area (Å²) in [5.74, 6) is 0.402. The van der Waals surface area contributed by atoms with Gasteiger partial charge in [0.15, 0.2) is 0 Å². The van der Waals surface area contributed by atoms with E-state index in [1.165, 1.54) is 18.9 Å². The maximum atomic E-state index is 13.3. The van der Waals surface area contributed by atoms with Gasteiger partial charge < -0.3 is 5.32 Å². The van der Waals surface area contributed by atoms with Crippen LogP contribution in [0, 0.1) is 5.82 Å². The topological polar surface area (TPSA) is 24.9 Å². The van der Waals surface area contributed by atoms with Gasteiger partial charge in [0.1, 0.15) is 5.82 Å². The van der Waals surface area contributed by atoms with Crippen LogP contribution in [0.4, 0.5) is 10.1 Å². The Morgan fingerprint density at radius 2 is 2.18 bits per heavy atom. The summed E-state index contributed by atoms with van der Waals surface area (Å²) in [6.07, 6.45) is 2.45. The molecule has 3 rings (SSSR count). The van der Waals surface area contributed by atoms with Crippen LogP contribution in [0.1, 0.15) is 31.4 Å². The zero-order valence-electron chi connectivity index (χ0n) is 9.83. The minimum atomic E-state index is -0.211. The van der Waals surface area contributed by atoms with Gasteiger partial charge in [-0.25, -0.2) is 4.39 Å². The third-order valence-electron chi connectivity index (χ3n) is 3.15. The number of nitrogens with one attached hydrogen (secondary N) is 1. The molecule has 0 aliphatic heterocycles. The molecule has 1 fully saturated rings. The Hall–Kier alpha value is -1.64. The molecule has 2 nitrogen and oxygen atoms in total. The zero-order chi connectivity index (χ0) is 11.8. The molecule has 0 atom stereocenters. The van der Waals surface area contributed by atoms with Crippen LogP contribution in [0.5, 0.6) is 0 Å². The monoisotopic (exact) mass is 230 g/mol. The van der Waals surface area contributed by atoms with E-state index < -0.39 is 0 Å². The highest BCUT2D eigenvalue weighted by molar-refractivity contribution is 5.91. The predicted molar refractivity (Wildman–Crippen MR) is 67.8 cm³/mol. The molecule has 1 aromatic carbocycles. The first-order valence-corrected chi connectivity index (χ1v) is 6.12. The molecule has 0 bridgehead atoms. The van der Waals surface area contributed by atoms with Gasteiger partial charge in [0.2, 0.25) is 0 Å². The van der Waals surface area contributed by atoms with Crippen LogP contribution in [0.3, 0.4) is 0 Å². The number of nitrogens with zero attached hydrogens (tertiary/aromatic N) is 1. The third-order valence-corrected chi connectivity index (χ3v) is 3.15. The van der Waals surface area contributed by atoms with E-state index in [2.05, 4.69) is 16.4 Å². The largest absolute Gasteiger partial charge is 0.385 e. The minimum Gasteiger partial charge on any atom is -0.385 e. The van der Waals surface area contributed by atoms with Crippen molar-refractivity contribution in [3.05, 3.63) is 35.8 Å². The predicted octanol–water partition coefficient (Wildman–Crippen LogP) is 3.68. The van der Waals surface area contributed by atoms with E-state index in [9.17, 15) is 4.39 Å². The van der Waals surface area contributed by atoms with E-state index in [1.54, 1.807) is 12.1 Å². The average molecular weight is 230 g/mol. The summed E-state index contributed by atoms with van der Waals surface area (Å²) in [6, 6.07) is 6.86. The van der Waals surface area contributed by atoms with Crippen molar-refractivity contribution in [3.63, 3.8) is 0 Å². The second-order valence-corrected chi connectivity index (χ2v) is 4.56. The highest BCUT2D eigenvalue weighted by Crippen LogP contribution is 2.41. The fourth-order valence-corrected chi connectivity index (χ4v) is 2.14. The summed E-state index contributed by atoms with van der Waals surface area (Å²) in [5, 5.41) is 4.17. The molecule has 17 heavy (non-hydrogen) atoms. The summed E-state index contributed by atoms with van der Waals surface area (Å²) in [4.78, 5) is 4.61. The van der Waals surface area contributed by atoms with Crippen molar-refractivity contribution < 1.29 is 4.39 Å². The van der Waals surface area contributed by atoms with Crippen molar-refractivity contribution >= 4 is 16.6 Å². The molecule has 1 heterocycles. The first-order chi connectivity index (χ1) is 8.28. The van der Waals surface area contributed by atoms with Gasteiger partial charge in [0, 0.05) is 29.2 Å². The molecular weight excluding hydrogens is 215 g/mol. The summed E-state index contributed by atoms with van der Waals surface area (Å²) >= 11 is 0. The molecular formula is C14H15FN2. The van der Waals surface area contributed by atoms with E-state index in [-0.39, 0.29) is 5.82 Å². The number of anilines is 1. The van der Waals surface area contributed by atoms with Crippen LogP contribution in [0.2, 0.25) is 0 Å². The van der Waals surface area contributed by atoms with Gasteiger partial charge in [-0.15, -0.1) is 0 Å². The van der Waals surface area contributed by atoms with Crippen molar-refractivity contribution in [2.45, 2.75) is 25.7 Å². The highest BCUT2D eigenvalue weighted by atomic mass is 19.1. The van der Waals surface area contributed by atoms with Gasteiger partial charge in [-0.1, -0.05) is 0 Å². The van der Waals surface area contributed by atoms with Crippen LogP contribution < -0.4 is 5.32 Å². The Balaban J connectivity index is 2.19. The second kappa shape index (κ2) is 3.99. The summed E-state index contributed by atoms with van der Waals surface area (Å²) < 4.78 is 13.3. The van der Waals surface area contributed by atoms with Crippen molar-refractivity contribution in [1.29, 1.82) is 0 Å². The fraction of sp³-hybridized carbons (Fsp3) is 0.357. The Kier molecular flexibility index (Phi) is 2.46. The van der Waals surface area contributed by atoms with Gasteiger partial charge in [0.25, 0.3) is 0 Å². The molecule has 1 saturated carbocycles. The van der Waals surface area contributed by atoms with Gasteiger partial charge in [-0.3, -0.25) is 4.98 Å². The average Bonchev–Trinajstić information content (AvgIpc) is 3.14. The van der Waals surface area contributed by atoms with Crippen molar-refractivity contribution in [3.8, 4) is 0 Å². The van der Waals surface area contributed by atoms with Crippen LogP contribution in [0.15, 0.2) is 24.3 Å². The quantitative estimate of drug-likeness (QED) is 0.870. The maximum absolute atomic E-state index is 13.3. The number of hydrogen-bond acceptors (Lipinski definition) is 2. The van der Waals surface area contributed by atoms with Crippen LogP contribution >= 0.6 is 0 Å². The number of benzene rings is 1. The van der Waals surface area contributed by atoms with Crippen LogP contribution in [-0.4, -0.2) is 11.5 Å². The second-order valence-electron chi connectivity index (χ2n) is 4.56. The molecule has 0 spiro atoms. The lowest BCUT2D eigenvalue weighted by molar-refractivity contribution is 0.629. The smallest absolute Gasteiger partial charge is 0.124 e. The SMILES string of the molecule is CCNc1cc(C2CC2)nc2ccc(F)cc12. The molecule has 0 unspecified atom stereocenters. The molecule has 3 heteroatoms. The lowest BCUT2D eigenvalue weighted by atomic mass is 10.1. The van der Waals surface area contributed by atoms with E-state index >= 15 is 0 Å². The molecule has 88 valence electrons. The maximum Gasteiger partial charge on any atom is 0.124 e. The van der Waals surface area contributed by atoms with Crippen molar-refractivity contribution in [2.24, 2.45) is 0 Å². The Morgan fingerprint density at radius 1 is 1.35 bits per heavy atom. The van der Waals surface area contributed by atoms with Gasteiger partial charge in [-0.2, -0.15) is 0 Å². The van der Waals surface area contributed by atoms with E-state index in [4.69, 9.17) is 0 Å². The van der Waals surface area contributed by atoms with Gasteiger partial charge in [-0.05, 0) is 44.0 Å². The van der Waals surface area contributed by atoms with Crippen molar-refractivity contribution in [1.82, 2.24) is 4.98 Å². The minimum absolute atomic E-state index is 0.211. The van der Waals surface area contributed by atoms with E-state index in [0.29, 0.717) is 5.92 Å². The fourth-order valence-electron chi connectivity index (χ4n) is 2.14. The summed E-state index contributed by atoms with van der Waals surface area (Å²) in [5.41, 5.74) is 3.02. The van der Waals surface area contributed by atoms with E-state index in [0.717, 1.165) is 28.8 Å². The van der Waals surface area contributed by atoms with Crippen LogP contribution in [-0.2, 0) is 0 Å². The van der Waals surface area contributed by atoms with E-state index in [1.807, 2.05) is 6.92 Å². The first-order valence-electron chi connectivity index (χ1n) is 6.12. The standard InChI is InChI=1S/C14H15FN2/c1-2-16-14-8-13(9-3-4-9)17-12-6-5-10(15)7-11(12)14/h5-9H,2-4H2,1H3,(H,16,17). The molecule has 1 aromatic heterocycles. The normalized spacial score (nSPS) is 15.2. The number of hydrogen-bond donors (Lipinski definition) is 1. The van der Waals surface area contributed by atoms with Gasteiger partial charge >= 0.3 is 0 Å². The number of aromatic nitrogens is 1. The van der Waals surface area contributed by atoms with Gasteiger partial charge in [0.05, 0.1) is 5.52 Å². The molecule has 0 amide bonds. The zero-order valence-corrected chi connectivity index (χ0v) is 9.83. The Morgan fingerprint density at radius 3 is 2.88 bits per heavy atom. The molecule has 2 aromatic rings. The number of halogens is 1. The lowest BCUT2D eigenvalue weighted by Crippen LogP contribution is -2.00. The highest BCUT2D eigenvalue weighted by Gasteiger charge is 2.25.